The van der Waals surface area contributed by atoms with Crippen molar-refractivity contribution in [2.75, 3.05) is 19.5 Å². The fourth-order valence-electron chi connectivity index (χ4n) is 2.56. The van der Waals surface area contributed by atoms with E-state index in [1.165, 1.54) is 20.3 Å². The van der Waals surface area contributed by atoms with Crippen LogP contribution in [0.3, 0.4) is 0 Å². The maximum absolute atomic E-state index is 12.5. The molecule has 1 aliphatic carbocycles. The van der Waals surface area contributed by atoms with Crippen LogP contribution < -0.4 is 14.8 Å². The lowest BCUT2D eigenvalue weighted by Gasteiger charge is -2.24. The molecule has 2 N–H and O–H groups in total. The molecule has 1 aromatic rings. The van der Waals surface area contributed by atoms with Gasteiger partial charge in [0.1, 0.15) is 11.5 Å². The summed E-state index contributed by atoms with van der Waals surface area (Å²) in [6, 6.07) is 3.08. The van der Waals surface area contributed by atoms with E-state index in [1.807, 2.05) is 6.08 Å². The Balaban J connectivity index is 2.24. The summed E-state index contributed by atoms with van der Waals surface area (Å²) in [6.07, 6.45) is 4.33. The highest BCUT2D eigenvalue weighted by atomic mass is 35.5. The van der Waals surface area contributed by atoms with Crippen LogP contribution in [0, 0.1) is 11.8 Å². The molecule has 1 aliphatic rings. The van der Waals surface area contributed by atoms with Crippen LogP contribution in [0.1, 0.15) is 12.8 Å². The van der Waals surface area contributed by atoms with Gasteiger partial charge in [-0.1, -0.05) is 23.8 Å². The summed E-state index contributed by atoms with van der Waals surface area (Å²) in [7, 11) is 2.94. The Morgan fingerprint density at radius 2 is 1.74 bits per heavy atom. The zero-order chi connectivity index (χ0) is 17.0. The second-order valence-corrected chi connectivity index (χ2v) is 5.58. The first-order chi connectivity index (χ1) is 11.0. The Morgan fingerprint density at radius 1 is 1.13 bits per heavy atom. The number of hydrogen-bond donors (Lipinski definition) is 2. The first-order valence-corrected chi connectivity index (χ1v) is 7.46. The number of nitrogens with one attached hydrogen (secondary N) is 1. The fraction of sp³-hybridized carbons (Fsp3) is 0.375. The van der Waals surface area contributed by atoms with Crippen molar-refractivity contribution in [3.63, 3.8) is 0 Å². The lowest BCUT2D eigenvalue weighted by atomic mass is 9.82. The predicted molar refractivity (Wildman–Crippen MR) is 86.2 cm³/mol. The average Bonchev–Trinajstić information content (AvgIpc) is 2.55. The van der Waals surface area contributed by atoms with Gasteiger partial charge >= 0.3 is 5.97 Å². The van der Waals surface area contributed by atoms with E-state index in [1.54, 1.807) is 12.1 Å². The molecule has 0 aliphatic heterocycles. The summed E-state index contributed by atoms with van der Waals surface area (Å²) < 4.78 is 10.3. The lowest BCUT2D eigenvalue weighted by Crippen LogP contribution is -2.34. The van der Waals surface area contributed by atoms with Crippen molar-refractivity contribution in [1.82, 2.24) is 0 Å². The Bertz CT molecular complexity index is 644. The summed E-state index contributed by atoms with van der Waals surface area (Å²) in [4.78, 5) is 23.8. The second-order valence-electron chi connectivity index (χ2n) is 5.17. The number of aliphatic carboxylic acids is 1. The number of amides is 1. The molecule has 0 bridgehead atoms. The normalized spacial score (nSPS) is 20.0. The number of methoxy groups -OCH3 is 2. The van der Waals surface area contributed by atoms with Gasteiger partial charge in [-0.25, -0.2) is 0 Å². The molecule has 0 fully saturated rings. The van der Waals surface area contributed by atoms with E-state index < -0.39 is 17.8 Å². The van der Waals surface area contributed by atoms with Gasteiger partial charge in [0, 0.05) is 6.07 Å². The number of benzene rings is 1. The molecule has 23 heavy (non-hydrogen) atoms. The molecule has 6 nitrogen and oxygen atoms in total. The average molecular weight is 340 g/mol. The molecule has 124 valence electrons. The number of carboxylic acids is 1. The maximum atomic E-state index is 12.5. The summed E-state index contributed by atoms with van der Waals surface area (Å²) >= 11 is 6.07. The van der Waals surface area contributed by atoms with E-state index in [-0.39, 0.29) is 5.91 Å². The molecule has 7 heteroatoms. The summed E-state index contributed by atoms with van der Waals surface area (Å²) in [6.45, 7) is 0. The number of hydrogen-bond acceptors (Lipinski definition) is 4. The number of allylic oxidation sites excluding steroid dienone is 2. The monoisotopic (exact) mass is 339 g/mol. The van der Waals surface area contributed by atoms with Crippen LogP contribution in [0.25, 0.3) is 0 Å². The minimum absolute atomic E-state index is 0.321. The highest BCUT2D eigenvalue weighted by Crippen LogP contribution is 2.37. The molecule has 0 heterocycles. The van der Waals surface area contributed by atoms with E-state index in [0.717, 1.165) is 0 Å². The second kappa shape index (κ2) is 7.37. The summed E-state index contributed by atoms with van der Waals surface area (Å²) in [5.41, 5.74) is 0.377. The van der Waals surface area contributed by atoms with E-state index in [0.29, 0.717) is 35.1 Å². The predicted octanol–water partition coefficient (Wildman–Crippen LogP) is 2.96. The van der Waals surface area contributed by atoms with Crippen LogP contribution in [0.5, 0.6) is 11.5 Å². The number of anilines is 1. The van der Waals surface area contributed by atoms with Gasteiger partial charge in [-0.3, -0.25) is 9.59 Å². The number of rotatable bonds is 5. The number of carbonyl (C=O) groups excluding carboxylic acids is 1. The molecule has 0 aromatic heterocycles. The highest BCUT2D eigenvalue weighted by molar-refractivity contribution is 6.32. The van der Waals surface area contributed by atoms with Gasteiger partial charge in [-0.15, -0.1) is 0 Å². The number of carboxylic acid groups (broad SMARTS) is 1. The molecule has 0 radical (unpaired) electrons. The van der Waals surface area contributed by atoms with E-state index in [2.05, 4.69) is 5.32 Å². The number of carbonyl (C=O) groups is 2. The standard InChI is InChI=1S/C16H18ClNO5/c1-22-13-8-14(23-2)12(7-11(13)17)18-15(19)9-5-3-4-6-10(9)16(20)21/h3-4,7-10H,5-6H2,1-2H3,(H,18,19)(H,20,21)/t9-,10-/m1/s1. The molecule has 0 spiro atoms. The van der Waals surface area contributed by atoms with Crippen molar-refractivity contribution in [2.45, 2.75) is 12.8 Å². The third kappa shape index (κ3) is 3.76. The van der Waals surface area contributed by atoms with Crippen LogP contribution >= 0.6 is 11.6 Å². The quantitative estimate of drug-likeness (QED) is 0.806. The molecule has 0 saturated carbocycles. The van der Waals surface area contributed by atoms with Crippen LogP contribution in [0.4, 0.5) is 5.69 Å². The van der Waals surface area contributed by atoms with Gasteiger partial charge in [0.05, 0.1) is 36.8 Å². The SMILES string of the molecule is COc1cc(OC)c(NC(=O)[C@@H]2CC=CC[C@H]2C(=O)O)cc1Cl. The van der Waals surface area contributed by atoms with Crippen LogP contribution in [0.15, 0.2) is 24.3 Å². The van der Waals surface area contributed by atoms with Crippen molar-refractivity contribution in [2.24, 2.45) is 11.8 Å². The largest absolute Gasteiger partial charge is 0.495 e. The minimum atomic E-state index is -0.978. The van der Waals surface area contributed by atoms with E-state index in [4.69, 9.17) is 21.1 Å². The minimum Gasteiger partial charge on any atom is -0.495 e. The maximum Gasteiger partial charge on any atom is 0.307 e. The van der Waals surface area contributed by atoms with Crippen LogP contribution in [-0.4, -0.2) is 31.2 Å². The molecule has 1 amide bonds. The van der Waals surface area contributed by atoms with Gasteiger partial charge in [0.25, 0.3) is 0 Å². The Labute approximate surface area is 139 Å². The highest BCUT2D eigenvalue weighted by Gasteiger charge is 2.34. The third-order valence-corrected chi connectivity index (χ3v) is 4.11. The van der Waals surface area contributed by atoms with Crippen molar-refractivity contribution in [1.29, 1.82) is 0 Å². The van der Waals surface area contributed by atoms with E-state index in [9.17, 15) is 14.7 Å². The van der Waals surface area contributed by atoms with Gasteiger partial charge < -0.3 is 19.9 Å². The number of halogens is 1. The van der Waals surface area contributed by atoms with Crippen LogP contribution in [0.2, 0.25) is 5.02 Å². The molecular formula is C16H18ClNO5. The number of ether oxygens (including phenoxy) is 2. The molecule has 1 aromatic carbocycles. The van der Waals surface area contributed by atoms with Crippen LogP contribution in [-0.2, 0) is 9.59 Å². The Kier molecular flexibility index (Phi) is 5.50. The van der Waals surface area contributed by atoms with Crippen molar-refractivity contribution >= 4 is 29.2 Å². The zero-order valence-electron chi connectivity index (χ0n) is 12.8. The van der Waals surface area contributed by atoms with Crippen molar-refractivity contribution in [3.8, 4) is 11.5 Å². The first kappa shape index (κ1) is 17.1. The van der Waals surface area contributed by atoms with Gasteiger partial charge in [0.2, 0.25) is 5.91 Å². The summed E-state index contributed by atoms with van der Waals surface area (Å²) in [5.74, 6) is -1.92. The molecular weight excluding hydrogens is 322 g/mol. The topological polar surface area (TPSA) is 84.9 Å². The molecule has 2 rings (SSSR count). The Hall–Kier alpha value is -2.21. The first-order valence-electron chi connectivity index (χ1n) is 7.08. The van der Waals surface area contributed by atoms with Crippen molar-refractivity contribution < 1.29 is 24.2 Å². The fourth-order valence-corrected chi connectivity index (χ4v) is 2.80. The molecule has 0 saturated heterocycles. The molecule has 2 atom stereocenters. The summed E-state index contributed by atoms with van der Waals surface area (Å²) in [5, 5.41) is 12.3. The molecule has 0 unspecified atom stereocenters. The Morgan fingerprint density at radius 3 is 2.30 bits per heavy atom. The lowest BCUT2D eigenvalue weighted by molar-refractivity contribution is -0.146. The zero-order valence-corrected chi connectivity index (χ0v) is 13.6. The van der Waals surface area contributed by atoms with Crippen molar-refractivity contribution in [3.05, 3.63) is 29.3 Å². The smallest absolute Gasteiger partial charge is 0.307 e. The third-order valence-electron chi connectivity index (χ3n) is 3.82. The van der Waals surface area contributed by atoms with Gasteiger partial charge in [-0.05, 0) is 18.9 Å². The van der Waals surface area contributed by atoms with Gasteiger partial charge in [-0.2, -0.15) is 0 Å². The van der Waals surface area contributed by atoms with Gasteiger partial charge in [0.15, 0.2) is 0 Å². The van der Waals surface area contributed by atoms with E-state index >= 15 is 0 Å².